The van der Waals surface area contributed by atoms with Crippen LogP contribution in [0.4, 0.5) is 0 Å². The molecule has 0 aromatic rings. The molecule has 1 aliphatic rings. The molecule has 1 heterocycles. The summed E-state index contributed by atoms with van der Waals surface area (Å²) in [7, 11) is 0. The predicted octanol–water partition coefficient (Wildman–Crippen LogP) is 1.92. The molecule has 1 aliphatic heterocycles. The van der Waals surface area contributed by atoms with Gasteiger partial charge in [-0.3, -0.25) is 0 Å². The Labute approximate surface area is 111 Å². The van der Waals surface area contributed by atoms with Crippen LogP contribution in [0.3, 0.4) is 0 Å². The Balaban J connectivity index is 2.74. The highest BCUT2D eigenvalue weighted by Crippen LogP contribution is 2.39. The lowest BCUT2D eigenvalue weighted by Crippen LogP contribution is -2.48. The zero-order valence-corrected chi connectivity index (χ0v) is 11.9. The number of nitrogens with zero attached hydrogens (tertiary/aromatic N) is 1. The highest BCUT2D eigenvalue weighted by atomic mass is 32.2. The van der Waals surface area contributed by atoms with Crippen molar-refractivity contribution in [1.29, 1.82) is 0 Å². The summed E-state index contributed by atoms with van der Waals surface area (Å²) in [5.74, 6) is -0.198. The van der Waals surface area contributed by atoms with Crippen LogP contribution in [0.1, 0.15) is 33.6 Å². The van der Waals surface area contributed by atoms with Crippen LogP contribution in [0.25, 0.3) is 0 Å². The van der Waals surface area contributed by atoms with Crippen molar-refractivity contribution in [3.63, 3.8) is 0 Å². The van der Waals surface area contributed by atoms with Gasteiger partial charge in [-0.1, -0.05) is 12.2 Å². The third-order valence-electron chi connectivity index (χ3n) is 2.79. The number of carbonyl (C=O) groups excluding carboxylic acids is 1. The second-order valence-electron chi connectivity index (χ2n) is 4.68. The molecule has 0 saturated carbocycles. The highest BCUT2D eigenvalue weighted by Gasteiger charge is 2.46. The number of hydrogen-bond acceptors (Lipinski definition) is 4. The van der Waals surface area contributed by atoms with Gasteiger partial charge in [0.05, 0.1) is 10.9 Å². The van der Waals surface area contributed by atoms with Crippen molar-refractivity contribution >= 4 is 40.7 Å². The highest BCUT2D eigenvalue weighted by molar-refractivity contribution is 8.01. The third kappa shape index (κ3) is 3.42. The van der Waals surface area contributed by atoms with Gasteiger partial charge in [0.2, 0.25) is 0 Å². The van der Waals surface area contributed by atoms with E-state index in [9.17, 15) is 14.7 Å². The predicted molar refractivity (Wildman–Crippen MR) is 72.3 cm³/mol. The van der Waals surface area contributed by atoms with Gasteiger partial charge in [-0.25, -0.2) is 4.79 Å². The number of hydrogen-bond donors (Lipinski definition) is 1. The molecular weight excluding hydrogens is 258 g/mol. The van der Waals surface area contributed by atoms with Crippen LogP contribution in [-0.4, -0.2) is 43.4 Å². The first-order chi connectivity index (χ1) is 7.75. The molecule has 1 atom stereocenters. The molecule has 0 amide bonds. The molecule has 0 aromatic heterocycles. The average molecular weight is 275 g/mol. The summed E-state index contributed by atoms with van der Waals surface area (Å²) in [4.78, 5) is 24.5. The molecule has 17 heavy (non-hydrogen) atoms. The lowest BCUT2D eigenvalue weighted by Gasteiger charge is -2.29. The van der Waals surface area contributed by atoms with Gasteiger partial charge >= 0.3 is 5.97 Å². The molecule has 96 valence electrons. The van der Waals surface area contributed by atoms with E-state index in [4.69, 9.17) is 12.2 Å². The fourth-order valence-electron chi connectivity index (χ4n) is 1.84. The Morgan fingerprint density at radius 3 is 2.53 bits per heavy atom. The number of Topliss-reactive ketones (excluding diaryl/α,β-unsaturated/α-hetero) is 1. The van der Waals surface area contributed by atoms with Gasteiger partial charge in [0.1, 0.15) is 11.8 Å². The molecule has 0 aromatic carbocycles. The lowest BCUT2D eigenvalue weighted by atomic mass is 10.0. The van der Waals surface area contributed by atoms with E-state index in [1.165, 1.54) is 6.92 Å². The molecule has 1 N–H and O–H groups in total. The van der Waals surface area contributed by atoms with E-state index in [0.29, 0.717) is 23.7 Å². The molecular formula is C11H17NO3S2. The fraction of sp³-hybridized carbons (Fsp3) is 0.727. The van der Waals surface area contributed by atoms with Crippen LogP contribution in [0.2, 0.25) is 0 Å². The summed E-state index contributed by atoms with van der Waals surface area (Å²) < 4.78 is -0.355. The number of thiocarbonyl (C=S) groups is 1. The SMILES string of the molecule is CC(=O)CCC(=S)N1CSC(C)(C)C1C(=O)O. The monoisotopic (exact) mass is 275 g/mol. The number of ketones is 1. The zero-order chi connectivity index (χ0) is 13.2. The van der Waals surface area contributed by atoms with Crippen LogP contribution in [0, 0.1) is 0 Å². The van der Waals surface area contributed by atoms with Gasteiger partial charge in [0.25, 0.3) is 0 Å². The Morgan fingerprint density at radius 1 is 1.47 bits per heavy atom. The van der Waals surface area contributed by atoms with Crippen molar-refractivity contribution in [2.45, 2.75) is 44.4 Å². The number of carbonyl (C=O) groups is 2. The standard InChI is InChI=1S/C11H17NO3S2/c1-7(13)4-5-8(16)12-6-17-11(2,3)9(12)10(14)15/h9H,4-6H2,1-3H3,(H,14,15). The van der Waals surface area contributed by atoms with Crippen molar-refractivity contribution in [1.82, 2.24) is 4.90 Å². The number of rotatable bonds is 4. The van der Waals surface area contributed by atoms with Crippen molar-refractivity contribution < 1.29 is 14.7 Å². The Bertz CT molecular complexity index is 355. The minimum absolute atomic E-state index is 0.0744. The summed E-state index contributed by atoms with van der Waals surface area (Å²) >= 11 is 6.81. The minimum atomic E-state index is -0.856. The van der Waals surface area contributed by atoms with Crippen LogP contribution in [-0.2, 0) is 9.59 Å². The minimum Gasteiger partial charge on any atom is -0.480 e. The molecule has 4 nitrogen and oxygen atoms in total. The van der Waals surface area contributed by atoms with Gasteiger partial charge in [-0.05, 0) is 20.8 Å². The quantitative estimate of drug-likeness (QED) is 0.791. The Morgan fingerprint density at radius 2 is 2.06 bits per heavy atom. The average Bonchev–Trinajstić information content (AvgIpc) is 2.50. The second-order valence-corrected chi connectivity index (χ2v) is 6.75. The van der Waals surface area contributed by atoms with E-state index in [0.717, 1.165) is 0 Å². The number of carboxylic acid groups (broad SMARTS) is 1. The van der Waals surface area contributed by atoms with Crippen LogP contribution < -0.4 is 0 Å². The van der Waals surface area contributed by atoms with Gasteiger partial charge in [0.15, 0.2) is 0 Å². The van der Waals surface area contributed by atoms with Crippen LogP contribution in [0.5, 0.6) is 0 Å². The first-order valence-electron chi connectivity index (χ1n) is 5.41. The molecule has 1 unspecified atom stereocenters. The number of aliphatic carboxylic acids is 1. The van der Waals surface area contributed by atoms with Crippen molar-refractivity contribution in [3.05, 3.63) is 0 Å². The van der Waals surface area contributed by atoms with E-state index >= 15 is 0 Å². The smallest absolute Gasteiger partial charge is 0.327 e. The molecule has 0 bridgehead atoms. The normalized spacial score (nSPS) is 22.5. The molecule has 0 aliphatic carbocycles. The van der Waals surface area contributed by atoms with Gasteiger partial charge < -0.3 is 14.8 Å². The third-order valence-corrected chi connectivity index (χ3v) is 4.60. The maximum absolute atomic E-state index is 11.3. The Hall–Kier alpha value is -0.620. The summed E-state index contributed by atoms with van der Waals surface area (Å²) in [5, 5.41) is 9.26. The van der Waals surface area contributed by atoms with Crippen molar-refractivity contribution in [2.24, 2.45) is 0 Å². The Kier molecular flexibility index (Phi) is 4.55. The number of thioether (sulfide) groups is 1. The van der Waals surface area contributed by atoms with Crippen molar-refractivity contribution in [3.8, 4) is 0 Å². The van der Waals surface area contributed by atoms with Crippen LogP contribution >= 0.6 is 24.0 Å². The maximum atomic E-state index is 11.3. The van der Waals surface area contributed by atoms with Crippen LogP contribution in [0.15, 0.2) is 0 Å². The zero-order valence-electron chi connectivity index (χ0n) is 10.2. The van der Waals surface area contributed by atoms with E-state index in [-0.39, 0.29) is 10.5 Å². The summed E-state index contributed by atoms with van der Waals surface area (Å²) in [5.41, 5.74) is 0. The van der Waals surface area contributed by atoms with Gasteiger partial charge in [0, 0.05) is 17.6 Å². The molecule has 1 rings (SSSR count). The molecule has 1 fully saturated rings. The summed E-state index contributed by atoms with van der Waals surface area (Å²) in [6.45, 7) is 5.33. The fourth-order valence-corrected chi connectivity index (χ4v) is 3.35. The first kappa shape index (κ1) is 14.4. The maximum Gasteiger partial charge on any atom is 0.327 e. The largest absolute Gasteiger partial charge is 0.480 e. The van der Waals surface area contributed by atoms with Gasteiger partial charge in [-0.15, -0.1) is 11.8 Å². The van der Waals surface area contributed by atoms with Crippen molar-refractivity contribution in [2.75, 3.05) is 5.88 Å². The van der Waals surface area contributed by atoms with E-state index in [1.54, 1.807) is 16.7 Å². The molecule has 0 radical (unpaired) electrons. The van der Waals surface area contributed by atoms with E-state index in [2.05, 4.69) is 0 Å². The second kappa shape index (κ2) is 5.35. The molecule has 6 heteroatoms. The number of carboxylic acids is 1. The molecule has 1 saturated heterocycles. The first-order valence-corrected chi connectivity index (χ1v) is 6.81. The topological polar surface area (TPSA) is 57.6 Å². The summed E-state index contributed by atoms with van der Waals surface area (Å²) in [6, 6.07) is -0.605. The van der Waals surface area contributed by atoms with E-state index < -0.39 is 12.0 Å². The summed E-state index contributed by atoms with van der Waals surface area (Å²) in [6.07, 6.45) is 0.845. The lowest BCUT2D eigenvalue weighted by molar-refractivity contribution is -0.141. The van der Waals surface area contributed by atoms with E-state index in [1.807, 2.05) is 13.8 Å². The van der Waals surface area contributed by atoms with Gasteiger partial charge in [-0.2, -0.15) is 0 Å². The molecule has 0 spiro atoms.